The van der Waals surface area contributed by atoms with Crippen molar-refractivity contribution in [3.8, 4) is 5.75 Å². The third-order valence-corrected chi connectivity index (χ3v) is 5.75. The van der Waals surface area contributed by atoms with E-state index in [1.165, 1.54) is 0 Å². The first-order valence-electron chi connectivity index (χ1n) is 11.1. The number of furan rings is 1. The number of nitrogens with zero attached hydrogens (tertiary/aromatic N) is 1. The van der Waals surface area contributed by atoms with E-state index in [1.807, 2.05) is 56.3 Å². The molecule has 1 aliphatic heterocycles. The second-order valence-electron chi connectivity index (χ2n) is 8.03. The van der Waals surface area contributed by atoms with E-state index in [9.17, 15) is 9.59 Å². The lowest BCUT2D eigenvalue weighted by molar-refractivity contribution is 0.0917. The van der Waals surface area contributed by atoms with Crippen molar-refractivity contribution in [3.05, 3.63) is 65.9 Å². The summed E-state index contributed by atoms with van der Waals surface area (Å²) in [5.41, 5.74) is 1.35. The molecule has 4 rings (SSSR count). The predicted octanol–water partition coefficient (Wildman–Crippen LogP) is 4.50. The van der Waals surface area contributed by atoms with E-state index in [2.05, 4.69) is 10.6 Å². The van der Waals surface area contributed by atoms with Crippen LogP contribution in [-0.2, 0) is 0 Å². The summed E-state index contributed by atoms with van der Waals surface area (Å²) in [6, 6.07) is 16.6. The number of carbonyl (C=O) groups is 2. The van der Waals surface area contributed by atoms with Crippen molar-refractivity contribution in [2.24, 2.45) is 0 Å². The van der Waals surface area contributed by atoms with Gasteiger partial charge in [0, 0.05) is 30.1 Å². The monoisotopic (exact) mass is 435 g/mol. The van der Waals surface area contributed by atoms with Crippen molar-refractivity contribution < 1.29 is 18.7 Å². The number of carbonyl (C=O) groups excluding carboxylic acids is 2. The van der Waals surface area contributed by atoms with Crippen LogP contribution in [0.3, 0.4) is 0 Å². The molecule has 7 heteroatoms. The minimum atomic E-state index is -0.278. The highest BCUT2D eigenvalue weighted by Crippen LogP contribution is 2.31. The molecule has 1 atom stereocenters. The van der Waals surface area contributed by atoms with Crippen LogP contribution in [0, 0.1) is 0 Å². The molecule has 0 spiro atoms. The SMILES string of the molecule is CCOc1cccc2cc(C(C)NC(=O)N3CCC(NC(=O)c4ccccc4)CC3)oc12. The lowest BCUT2D eigenvalue weighted by atomic mass is 10.0. The predicted molar refractivity (Wildman–Crippen MR) is 123 cm³/mol. The quantitative estimate of drug-likeness (QED) is 0.597. The molecule has 1 saturated heterocycles. The number of rotatable bonds is 6. The molecule has 1 aliphatic rings. The van der Waals surface area contributed by atoms with Crippen LogP contribution in [0.25, 0.3) is 11.0 Å². The van der Waals surface area contributed by atoms with Crippen molar-refractivity contribution in [2.45, 2.75) is 38.8 Å². The molecule has 1 aromatic heterocycles. The number of fused-ring (bicyclic) bond motifs is 1. The molecule has 7 nitrogen and oxygen atoms in total. The van der Waals surface area contributed by atoms with Crippen LogP contribution in [0.15, 0.2) is 59.0 Å². The zero-order valence-corrected chi connectivity index (χ0v) is 18.5. The van der Waals surface area contributed by atoms with Gasteiger partial charge in [0.1, 0.15) is 5.76 Å². The number of benzene rings is 2. The van der Waals surface area contributed by atoms with Gasteiger partial charge in [-0.05, 0) is 51.0 Å². The van der Waals surface area contributed by atoms with E-state index in [-0.39, 0.29) is 24.0 Å². The smallest absolute Gasteiger partial charge is 0.317 e. The Morgan fingerprint density at radius 3 is 2.59 bits per heavy atom. The van der Waals surface area contributed by atoms with Gasteiger partial charge in [0.15, 0.2) is 11.3 Å². The molecule has 1 fully saturated rings. The summed E-state index contributed by atoms with van der Waals surface area (Å²) in [6.45, 7) is 5.58. The Morgan fingerprint density at radius 2 is 1.88 bits per heavy atom. The molecule has 168 valence electrons. The Morgan fingerprint density at radius 1 is 1.12 bits per heavy atom. The first-order chi connectivity index (χ1) is 15.5. The highest BCUT2D eigenvalue weighted by atomic mass is 16.5. The Labute approximate surface area is 187 Å². The van der Waals surface area contributed by atoms with Gasteiger partial charge >= 0.3 is 6.03 Å². The lowest BCUT2D eigenvalue weighted by Crippen LogP contribution is -2.49. The van der Waals surface area contributed by atoms with E-state index in [1.54, 1.807) is 17.0 Å². The Hall–Kier alpha value is -3.48. The summed E-state index contributed by atoms with van der Waals surface area (Å²) in [5.74, 6) is 1.32. The van der Waals surface area contributed by atoms with Crippen LogP contribution in [-0.4, -0.2) is 42.6 Å². The third kappa shape index (κ3) is 4.88. The van der Waals surface area contributed by atoms with Crippen molar-refractivity contribution in [3.63, 3.8) is 0 Å². The summed E-state index contributed by atoms with van der Waals surface area (Å²) in [7, 11) is 0. The fourth-order valence-corrected chi connectivity index (χ4v) is 3.97. The molecule has 0 radical (unpaired) electrons. The van der Waals surface area contributed by atoms with Crippen molar-refractivity contribution in [1.82, 2.24) is 15.5 Å². The highest BCUT2D eigenvalue weighted by molar-refractivity contribution is 5.94. The number of hydrogen-bond acceptors (Lipinski definition) is 4. The van der Waals surface area contributed by atoms with Crippen molar-refractivity contribution in [1.29, 1.82) is 0 Å². The second kappa shape index (κ2) is 9.77. The van der Waals surface area contributed by atoms with E-state index in [0.29, 0.717) is 42.4 Å². The van der Waals surface area contributed by atoms with Gasteiger partial charge in [-0.1, -0.05) is 30.3 Å². The fraction of sp³-hybridized carbons (Fsp3) is 0.360. The average Bonchev–Trinajstić information content (AvgIpc) is 3.26. The minimum Gasteiger partial charge on any atom is -0.490 e. The molecule has 3 amide bonds. The summed E-state index contributed by atoms with van der Waals surface area (Å²) < 4.78 is 11.6. The van der Waals surface area contributed by atoms with E-state index >= 15 is 0 Å². The molecule has 3 aromatic rings. The Bertz CT molecular complexity index is 1070. The molecule has 1 unspecified atom stereocenters. The zero-order chi connectivity index (χ0) is 22.5. The average molecular weight is 436 g/mol. The van der Waals surface area contributed by atoms with Crippen LogP contribution in [0.4, 0.5) is 4.79 Å². The Kier molecular flexibility index (Phi) is 6.63. The van der Waals surface area contributed by atoms with E-state index < -0.39 is 0 Å². The first kappa shape index (κ1) is 21.7. The van der Waals surface area contributed by atoms with Gasteiger partial charge in [-0.2, -0.15) is 0 Å². The first-order valence-corrected chi connectivity index (χ1v) is 11.1. The number of ether oxygens (including phenoxy) is 1. The number of likely N-dealkylation sites (tertiary alicyclic amines) is 1. The molecule has 0 bridgehead atoms. The highest BCUT2D eigenvalue weighted by Gasteiger charge is 2.26. The number of hydrogen-bond donors (Lipinski definition) is 2. The van der Waals surface area contributed by atoms with Crippen LogP contribution in [0.5, 0.6) is 5.75 Å². The minimum absolute atomic E-state index is 0.0662. The topological polar surface area (TPSA) is 83.8 Å². The maximum Gasteiger partial charge on any atom is 0.317 e. The molecule has 32 heavy (non-hydrogen) atoms. The maximum atomic E-state index is 12.8. The van der Waals surface area contributed by atoms with Gasteiger partial charge in [-0.25, -0.2) is 4.79 Å². The molecule has 2 heterocycles. The van der Waals surface area contributed by atoms with Crippen molar-refractivity contribution >= 4 is 22.9 Å². The third-order valence-electron chi connectivity index (χ3n) is 5.75. The zero-order valence-electron chi connectivity index (χ0n) is 18.5. The van der Waals surface area contributed by atoms with Gasteiger partial charge in [0.25, 0.3) is 5.91 Å². The standard InChI is InChI=1S/C25H29N3O4/c1-3-31-21-11-7-10-19-16-22(32-23(19)21)17(2)26-25(30)28-14-12-20(13-15-28)27-24(29)18-8-5-4-6-9-18/h4-11,16-17,20H,3,12-15H2,1-2H3,(H,26,30)(H,27,29). The largest absolute Gasteiger partial charge is 0.490 e. The van der Waals surface area contributed by atoms with Crippen LogP contribution in [0.2, 0.25) is 0 Å². The van der Waals surface area contributed by atoms with Crippen LogP contribution in [0.1, 0.15) is 48.8 Å². The molecular weight excluding hydrogens is 406 g/mol. The summed E-state index contributed by atoms with van der Waals surface area (Å²) >= 11 is 0. The summed E-state index contributed by atoms with van der Waals surface area (Å²) in [4.78, 5) is 26.9. The summed E-state index contributed by atoms with van der Waals surface area (Å²) in [6.07, 6.45) is 1.45. The van der Waals surface area contributed by atoms with E-state index in [4.69, 9.17) is 9.15 Å². The Balaban J connectivity index is 1.30. The molecule has 2 aromatic carbocycles. The fourth-order valence-electron chi connectivity index (χ4n) is 3.97. The van der Waals surface area contributed by atoms with Gasteiger partial charge < -0.3 is 24.7 Å². The van der Waals surface area contributed by atoms with Crippen LogP contribution < -0.4 is 15.4 Å². The number of para-hydroxylation sites is 1. The second-order valence-corrected chi connectivity index (χ2v) is 8.03. The van der Waals surface area contributed by atoms with Gasteiger partial charge in [0.05, 0.1) is 12.6 Å². The van der Waals surface area contributed by atoms with Gasteiger partial charge in [-0.3, -0.25) is 4.79 Å². The molecular formula is C25H29N3O4. The normalized spacial score (nSPS) is 15.4. The number of urea groups is 1. The van der Waals surface area contributed by atoms with Gasteiger partial charge in [-0.15, -0.1) is 0 Å². The number of piperidine rings is 1. The number of nitrogens with one attached hydrogen (secondary N) is 2. The maximum absolute atomic E-state index is 12.8. The number of amides is 3. The van der Waals surface area contributed by atoms with Crippen LogP contribution >= 0.6 is 0 Å². The van der Waals surface area contributed by atoms with Gasteiger partial charge in [0.2, 0.25) is 0 Å². The molecule has 0 saturated carbocycles. The van der Waals surface area contributed by atoms with E-state index in [0.717, 1.165) is 18.2 Å². The lowest BCUT2D eigenvalue weighted by Gasteiger charge is -2.33. The summed E-state index contributed by atoms with van der Waals surface area (Å²) in [5, 5.41) is 7.04. The molecule has 2 N–H and O–H groups in total. The van der Waals surface area contributed by atoms with Crippen molar-refractivity contribution in [2.75, 3.05) is 19.7 Å². The molecule has 0 aliphatic carbocycles.